The summed E-state index contributed by atoms with van der Waals surface area (Å²) in [5, 5.41) is 6.64. The van der Waals surface area contributed by atoms with Gasteiger partial charge in [-0.3, -0.25) is 9.59 Å². The fourth-order valence-corrected chi connectivity index (χ4v) is 3.47. The molecule has 2 heterocycles. The molecule has 0 aromatic rings. The van der Waals surface area contributed by atoms with Crippen LogP contribution in [0.5, 0.6) is 0 Å². The lowest BCUT2D eigenvalue weighted by molar-refractivity contribution is -0.146. The molecule has 132 valence electrons. The molecule has 23 heavy (non-hydrogen) atoms. The minimum absolute atomic E-state index is 0.131. The van der Waals surface area contributed by atoms with Crippen molar-refractivity contribution in [3.05, 3.63) is 0 Å². The van der Waals surface area contributed by atoms with Crippen LogP contribution >= 0.6 is 0 Å². The lowest BCUT2D eigenvalue weighted by atomic mass is 9.91. The van der Waals surface area contributed by atoms with Gasteiger partial charge in [-0.1, -0.05) is 6.92 Å². The van der Waals surface area contributed by atoms with E-state index in [1.54, 1.807) is 0 Å². The Morgan fingerprint density at radius 2 is 1.96 bits per heavy atom. The molecule has 0 radical (unpaired) electrons. The monoisotopic (exact) mass is 328 g/mol. The molecule has 0 aliphatic carbocycles. The molecule has 0 amide bonds. The van der Waals surface area contributed by atoms with Gasteiger partial charge in [0.15, 0.2) is 0 Å². The fourth-order valence-electron chi connectivity index (χ4n) is 3.47. The molecule has 0 bridgehead atoms. The molecule has 0 spiro atoms. The zero-order chi connectivity index (χ0) is 16.8. The first kappa shape index (κ1) is 18.2. The SMILES string of the molecule is COC(=O)[C@@H]1C[C@@H](C)[C@@H](CN[C@@H](C(=O)OC)C2CCOCC2)N1. The Morgan fingerprint density at radius 1 is 1.26 bits per heavy atom. The van der Waals surface area contributed by atoms with Crippen molar-refractivity contribution < 1.29 is 23.8 Å². The topological polar surface area (TPSA) is 85.9 Å². The van der Waals surface area contributed by atoms with Gasteiger partial charge in [0.1, 0.15) is 12.1 Å². The number of carbonyl (C=O) groups excluding carboxylic acids is 2. The van der Waals surface area contributed by atoms with E-state index in [4.69, 9.17) is 14.2 Å². The second-order valence-corrected chi connectivity index (χ2v) is 6.42. The molecule has 2 fully saturated rings. The molecule has 0 unspecified atom stereocenters. The van der Waals surface area contributed by atoms with Gasteiger partial charge in [0.2, 0.25) is 0 Å². The van der Waals surface area contributed by atoms with Crippen molar-refractivity contribution in [2.45, 2.75) is 44.3 Å². The van der Waals surface area contributed by atoms with Crippen LogP contribution in [0.3, 0.4) is 0 Å². The lowest BCUT2D eigenvalue weighted by Gasteiger charge is -2.30. The van der Waals surface area contributed by atoms with Crippen molar-refractivity contribution in [2.24, 2.45) is 11.8 Å². The van der Waals surface area contributed by atoms with Gasteiger partial charge in [-0.2, -0.15) is 0 Å². The third-order valence-electron chi connectivity index (χ3n) is 4.95. The van der Waals surface area contributed by atoms with E-state index < -0.39 is 0 Å². The van der Waals surface area contributed by atoms with Crippen LogP contribution in [0.2, 0.25) is 0 Å². The van der Waals surface area contributed by atoms with Gasteiger partial charge in [0.25, 0.3) is 0 Å². The largest absolute Gasteiger partial charge is 0.468 e. The summed E-state index contributed by atoms with van der Waals surface area (Å²) in [4.78, 5) is 23.7. The van der Waals surface area contributed by atoms with Gasteiger partial charge in [-0.15, -0.1) is 0 Å². The van der Waals surface area contributed by atoms with Crippen molar-refractivity contribution in [2.75, 3.05) is 34.0 Å². The van der Waals surface area contributed by atoms with E-state index in [2.05, 4.69) is 17.6 Å². The molecular weight excluding hydrogens is 300 g/mol. The molecule has 0 aromatic heterocycles. The molecule has 2 aliphatic rings. The van der Waals surface area contributed by atoms with Crippen molar-refractivity contribution >= 4 is 11.9 Å². The van der Waals surface area contributed by atoms with Crippen LogP contribution in [0.15, 0.2) is 0 Å². The maximum Gasteiger partial charge on any atom is 0.323 e. The second kappa shape index (κ2) is 8.61. The highest BCUT2D eigenvalue weighted by atomic mass is 16.5. The summed E-state index contributed by atoms with van der Waals surface area (Å²) in [6, 6.07) is -0.456. The molecule has 4 atom stereocenters. The summed E-state index contributed by atoms with van der Waals surface area (Å²) in [6.45, 7) is 4.08. The first-order valence-electron chi connectivity index (χ1n) is 8.29. The molecule has 2 rings (SSSR count). The summed E-state index contributed by atoms with van der Waals surface area (Å²) in [5.74, 6) is 0.101. The lowest BCUT2D eigenvalue weighted by Crippen LogP contribution is -2.51. The highest BCUT2D eigenvalue weighted by Gasteiger charge is 2.37. The highest BCUT2D eigenvalue weighted by molar-refractivity contribution is 5.76. The van der Waals surface area contributed by atoms with Crippen LogP contribution in [-0.4, -0.2) is 64.0 Å². The number of carbonyl (C=O) groups is 2. The summed E-state index contributed by atoms with van der Waals surface area (Å²) < 4.78 is 15.1. The van der Waals surface area contributed by atoms with E-state index in [9.17, 15) is 9.59 Å². The standard InChI is InChI=1S/C16H28N2O5/c1-10-8-12(15(19)21-2)18-13(10)9-17-14(16(20)22-3)11-4-6-23-7-5-11/h10-14,17-18H,4-9H2,1-3H3/t10-,12+,13-,14-/m1/s1. The molecular formula is C16H28N2O5. The summed E-state index contributed by atoms with van der Waals surface area (Å²) in [5.41, 5.74) is 0. The van der Waals surface area contributed by atoms with Gasteiger partial charge in [0.05, 0.1) is 14.2 Å². The molecule has 2 saturated heterocycles. The summed E-state index contributed by atoms with van der Waals surface area (Å²) in [6.07, 6.45) is 2.45. The van der Waals surface area contributed by atoms with Crippen LogP contribution in [0, 0.1) is 11.8 Å². The van der Waals surface area contributed by atoms with Gasteiger partial charge in [-0.05, 0) is 31.1 Å². The van der Waals surface area contributed by atoms with Crippen molar-refractivity contribution in [1.82, 2.24) is 10.6 Å². The highest BCUT2D eigenvalue weighted by Crippen LogP contribution is 2.23. The van der Waals surface area contributed by atoms with Crippen molar-refractivity contribution in [1.29, 1.82) is 0 Å². The van der Waals surface area contributed by atoms with Crippen molar-refractivity contribution in [3.63, 3.8) is 0 Å². The van der Waals surface area contributed by atoms with Crippen molar-refractivity contribution in [3.8, 4) is 0 Å². The predicted octanol–water partition coefficient (Wildman–Crippen LogP) is 0.0838. The van der Waals surface area contributed by atoms with Crippen LogP contribution in [0.4, 0.5) is 0 Å². The van der Waals surface area contributed by atoms with Gasteiger partial charge in [-0.25, -0.2) is 0 Å². The van der Waals surface area contributed by atoms with Gasteiger partial charge >= 0.3 is 11.9 Å². The molecule has 0 aromatic carbocycles. The molecule has 7 nitrogen and oxygen atoms in total. The Hall–Kier alpha value is -1.18. The Labute approximate surface area is 137 Å². The quantitative estimate of drug-likeness (QED) is 0.668. The minimum Gasteiger partial charge on any atom is -0.468 e. The minimum atomic E-state index is -0.324. The normalized spacial score (nSPS) is 30.0. The third kappa shape index (κ3) is 4.65. The summed E-state index contributed by atoms with van der Waals surface area (Å²) >= 11 is 0. The number of ether oxygens (including phenoxy) is 3. The van der Waals surface area contributed by atoms with Crippen LogP contribution in [0.25, 0.3) is 0 Å². The fraction of sp³-hybridized carbons (Fsp3) is 0.875. The first-order valence-corrected chi connectivity index (χ1v) is 8.29. The smallest absolute Gasteiger partial charge is 0.323 e. The maximum absolute atomic E-state index is 12.1. The Morgan fingerprint density at radius 3 is 2.57 bits per heavy atom. The van der Waals surface area contributed by atoms with E-state index in [1.165, 1.54) is 14.2 Å². The summed E-state index contributed by atoms with van der Waals surface area (Å²) in [7, 11) is 2.82. The number of esters is 2. The maximum atomic E-state index is 12.1. The van der Waals surface area contributed by atoms with E-state index >= 15 is 0 Å². The van der Waals surface area contributed by atoms with Crippen LogP contribution in [-0.2, 0) is 23.8 Å². The second-order valence-electron chi connectivity index (χ2n) is 6.42. The number of methoxy groups -OCH3 is 2. The molecule has 2 N–H and O–H groups in total. The molecule has 0 saturated carbocycles. The van der Waals surface area contributed by atoms with Crippen LogP contribution in [0.1, 0.15) is 26.2 Å². The van der Waals surface area contributed by atoms with Gasteiger partial charge in [0, 0.05) is 25.8 Å². The Kier molecular flexibility index (Phi) is 6.80. The zero-order valence-corrected chi connectivity index (χ0v) is 14.2. The average Bonchev–Trinajstić information content (AvgIpc) is 2.96. The first-order chi connectivity index (χ1) is 11.1. The Bertz CT molecular complexity index is 411. The van der Waals surface area contributed by atoms with Crippen LogP contribution < -0.4 is 10.6 Å². The number of nitrogens with one attached hydrogen (secondary N) is 2. The number of rotatable bonds is 6. The van der Waals surface area contributed by atoms with E-state index in [1.807, 2.05) is 0 Å². The number of hydrogen-bond donors (Lipinski definition) is 2. The average molecular weight is 328 g/mol. The molecule has 7 heteroatoms. The third-order valence-corrected chi connectivity index (χ3v) is 4.95. The van der Waals surface area contributed by atoms with E-state index in [0.29, 0.717) is 25.7 Å². The van der Waals surface area contributed by atoms with E-state index in [-0.39, 0.29) is 36.0 Å². The number of hydrogen-bond acceptors (Lipinski definition) is 7. The predicted molar refractivity (Wildman–Crippen MR) is 83.9 cm³/mol. The Balaban J connectivity index is 1.90. The van der Waals surface area contributed by atoms with Gasteiger partial charge < -0.3 is 24.8 Å². The zero-order valence-electron chi connectivity index (χ0n) is 14.2. The van der Waals surface area contributed by atoms with E-state index in [0.717, 1.165) is 19.3 Å². The molecule has 2 aliphatic heterocycles.